The number of nitrogens with two attached hydrogens (primary N) is 1. The van der Waals surface area contributed by atoms with Crippen LogP contribution in [0.1, 0.15) is 24.4 Å². The Morgan fingerprint density at radius 1 is 1.08 bits per heavy atom. The molecule has 8 heteroatoms. The van der Waals surface area contributed by atoms with Crippen molar-refractivity contribution in [2.24, 2.45) is 0 Å². The van der Waals surface area contributed by atoms with Gasteiger partial charge in [0.1, 0.15) is 11.5 Å². The maximum Gasteiger partial charge on any atom is 0.229 e. The second-order valence-electron chi connectivity index (χ2n) is 6.02. The number of nitrogens with zero attached hydrogens (tertiary/aromatic N) is 5. The van der Waals surface area contributed by atoms with Crippen LogP contribution in [0.5, 0.6) is 11.5 Å². The molecule has 25 heavy (non-hydrogen) atoms. The van der Waals surface area contributed by atoms with Gasteiger partial charge in [0, 0.05) is 32.3 Å². The topological polar surface area (TPSA) is 89.6 Å². The Morgan fingerprint density at radius 3 is 2.40 bits per heavy atom. The van der Waals surface area contributed by atoms with E-state index in [4.69, 9.17) is 15.2 Å². The van der Waals surface area contributed by atoms with Gasteiger partial charge in [0.15, 0.2) is 5.82 Å². The third kappa shape index (κ3) is 4.48. The molecular formula is C17H26N6O2. The molecule has 8 nitrogen and oxygen atoms in total. The van der Waals surface area contributed by atoms with E-state index < -0.39 is 0 Å². The van der Waals surface area contributed by atoms with E-state index in [0.717, 1.165) is 17.1 Å². The van der Waals surface area contributed by atoms with Crippen LogP contribution in [-0.4, -0.2) is 55.2 Å². The minimum Gasteiger partial charge on any atom is -0.497 e. The summed E-state index contributed by atoms with van der Waals surface area (Å²) >= 11 is 0. The zero-order chi connectivity index (χ0) is 18.6. The van der Waals surface area contributed by atoms with Crippen molar-refractivity contribution in [1.29, 1.82) is 0 Å². The largest absolute Gasteiger partial charge is 0.497 e. The molecule has 1 atom stereocenters. The monoisotopic (exact) mass is 346 g/mol. The molecule has 2 N–H and O–H groups in total. The minimum atomic E-state index is -0.0455. The van der Waals surface area contributed by atoms with Crippen LogP contribution in [0.25, 0.3) is 0 Å². The molecule has 0 saturated heterocycles. The maximum absolute atomic E-state index is 5.82. The summed E-state index contributed by atoms with van der Waals surface area (Å²) in [7, 11) is 9.03. The van der Waals surface area contributed by atoms with Crippen molar-refractivity contribution in [2.75, 3.05) is 46.0 Å². The van der Waals surface area contributed by atoms with Crippen molar-refractivity contribution < 1.29 is 9.47 Å². The number of nitrogen functional groups attached to an aromatic ring is 1. The van der Waals surface area contributed by atoms with Crippen LogP contribution in [0.15, 0.2) is 18.2 Å². The Bertz CT molecular complexity index is 722. The third-order valence-electron chi connectivity index (χ3n) is 4.01. The number of ether oxygens (including phenoxy) is 2. The molecule has 1 aromatic heterocycles. The summed E-state index contributed by atoms with van der Waals surface area (Å²) in [6, 6.07) is 5.74. The first-order valence-corrected chi connectivity index (χ1v) is 7.95. The molecule has 0 saturated carbocycles. The summed E-state index contributed by atoms with van der Waals surface area (Å²) in [4.78, 5) is 16.8. The molecule has 0 radical (unpaired) electrons. The van der Waals surface area contributed by atoms with Gasteiger partial charge in [0.2, 0.25) is 11.9 Å². The van der Waals surface area contributed by atoms with Crippen LogP contribution in [0.3, 0.4) is 0 Å². The van der Waals surface area contributed by atoms with E-state index in [0.29, 0.717) is 18.3 Å². The Hall–Kier alpha value is -2.61. The first kappa shape index (κ1) is 18.7. The Labute approximate surface area is 148 Å². The summed E-state index contributed by atoms with van der Waals surface area (Å²) < 4.78 is 10.7. The quantitative estimate of drug-likeness (QED) is 0.811. The van der Waals surface area contributed by atoms with Crippen LogP contribution in [0, 0.1) is 0 Å². The molecule has 0 bridgehead atoms. The highest BCUT2D eigenvalue weighted by Crippen LogP contribution is 2.27. The number of benzene rings is 1. The first-order valence-electron chi connectivity index (χ1n) is 7.95. The molecule has 136 valence electrons. The van der Waals surface area contributed by atoms with E-state index in [1.807, 2.05) is 46.3 Å². The molecule has 1 heterocycles. The number of anilines is 2. The average Bonchev–Trinajstić information content (AvgIpc) is 2.60. The van der Waals surface area contributed by atoms with Crippen LogP contribution < -0.4 is 20.1 Å². The number of rotatable bonds is 7. The van der Waals surface area contributed by atoms with Gasteiger partial charge in [-0.1, -0.05) is 6.07 Å². The molecule has 0 unspecified atom stereocenters. The molecule has 2 rings (SSSR count). The molecule has 0 aliphatic heterocycles. The van der Waals surface area contributed by atoms with Gasteiger partial charge < -0.3 is 20.1 Å². The van der Waals surface area contributed by atoms with E-state index in [2.05, 4.69) is 19.9 Å². The van der Waals surface area contributed by atoms with Crippen molar-refractivity contribution in [3.05, 3.63) is 29.6 Å². The summed E-state index contributed by atoms with van der Waals surface area (Å²) in [5, 5.41) is 0. The highest BCUT2D eigenvalue weighted by molar-refractivity contribution is 5.40. The molecule has 0 fully saturated rings. The van der Waals surface area contributed by atoms with Gasteiger partial charge in [-0.05, 0) is 20.0 Å². The number of hydrogen-bond donors (Lipinski definition) is 1. The fraction of sp³-hybridized carbons (Fsp3) is 0.471. The summed E-state index contributed by atoms with van der Waals surface area (Å²) in [5.41, 5.74) is 6.87. The zero-order valence-electron chi connectivity index (χ0n) is 15.6. The molecule has 0 spiro atoms. The number of methoxy groups -OCH3 is 2. The second kappa shape index (κ2) is 7.98. The van der Waals surface area contributed by atoms with E-state index >= 15 is 0 Å². The SMILES string of the molecule is COc1ccc(CN(C)[C@@H](C)c2nc(N)nc(N(C)C)n2)c(OC)c1. The van der Waals surface area contributed by atoms with Crippen LogP contribution in [-0.2, 0) is 6.54 Å². The van der Waals surface area contributed by atoms with Crippen molar-refractivity contribution in [2.45, 2.75) is 19.5 Å². The third-order valence-corrected chi connectivity index (χ3v) is 4.01. The minimum absolute atomic E-state index is 0.0455. The standard InChI is InChI=1S/C17H26N6O2/c1-11(15-19-16(18)21-17(20-15)22(2)3)23(4)10-12-7-8-13(24-5)9-14(12)25-6/h7-9,11H,10H2,1-6H3,(H2,18,19,20,21)/t11-/m0/s1. The molecule has 2 aromatic rings. The molecule has 0 amide bonds. The van der Waals surface area contributed by atoms with Gasteiger partial charge in [-0.3, -0.25) is 4.90 Å². The Morgan fingerprint density at radius 2 is 1.80 bits per heavy atom. The van der Waals surface area contributed by atoms with Gasteiger partial charge in [-0.25, -0.2) is 0 Å². The average molecular weight is 346 g/mol. The van der Waals surface area contributed by atoms with E-state index in [1.54, 1.807) is 19.1 Å². The van der Waals surface area contributed by atoms with Crippen LogP contribution >= 0.6 is 0 Å². The molecule has 0 aliphatic rings. The molecule has 1 aromatic carbocycles. The van der Waals surface area contributed by atoms with E-state index in [1.165, 1.54) is 0 Å². The summed E-state index contributed by atoms with van der Waals surface area (Å²) in [6.45, 7) is 2.70. The predicted molar refractivity (Wildman–Crippen MR) is 98.0 cm³/mol. The van der Waals surface area contributed by atoms with Crippen molar-refractivity contribution >= 4 is 11.9 Å². The second-order valence-corrected chi connectivity index (χ2v) is 6.02. The van der Waals surface area contributed by atoms with Crippen molar-refractivity contribution in [3.63, 3.8) is 0 Å². The Kier molecular flexibility index (Phi) is 5.97. The first-order chi connectivity index (χ1) is 11.8. The normalized spacial score (nSPS) is 12.1. The van der Waals surface area contributed by atoms with Gasteiger partial charge in [-0.15, -0.1) is 0 Å². The Balaban J connectivity index is 2.22. The van der Waals surface area contributed by atoms with E-state index in [9.17, 15) is 0 Å². The lowest BCUT2D eigenvalue weighted by Gasteiger charge is -2.25. The highest BCUT2D eigenvalue weighted by Gasteiger charge is 2.19. The lowest BCUT2D eigenvalue weighted by Crippen LogP contribution is -2.25. The number of hydrogen-bond acceptors (Lipinski definition) is 8. The van der Waals surface area contributed by atoms with Gasteiger partial charge in [-0.2, -0.15) is 15.0 Å². The number of aromatic nitrogens is 3. The predicted octanol–water partition coefficient (Wildman–Crippen LogP) is 1.73. The van der Waals surface area contributed by atoms with Gasteiger partial charge in [0.05, 0.1) is 20.3 Å². The van der Waals surface area contributed by atoms with Crippen LogP contribution in [0.4, 0.5) is 11.9 Å². The van der Waals surface area contributed by atoms with Gasteiger partial charge in [0.25, 0.3) is 0 Å². The van der Waals surface area contributed by atoms with Crippen molar-refractivity contribution in [1.82, 2.24) is 19.9 Å². The fourth-order valence-electron chi connectivity index (χ4n) is 2.37. The van der Waals surface area contributed by atoms with Crippen molar-refractivity contribution in [3.8, 4) is 11.5 Å². The summed E-state index contributed by atoms with van der Waals surface area (Å²) in [5.74, 6) is 2.94. The molecular weight excluding hydrogens is 320 g/mol. The van der Waals surface area contributed by atoms with E-state index in [-0.39, 0.29) is 12.0 Å². The zero-order valence-corrected chi connectivity index (χ0v) is 15.6. The lowest BCUT2D eigenvalue weighted by molar-refractivity contribution is 0.240. The van der Waals surface area contributed by atoms with Gasteiger partial charge >= 0.3 is 0 Å². The van der Waals surface area contributed by atoms with Crippen LogP contribution in [0.2, 0.25) is 0 Å². The molecule has 0 aliphatic carbocycles. The lowest BCUT2D eigenvalue weighted by atomic mass is 10.1. The smallest absolute Gasteiger partial charge is 0.229 e. The summed E-state index contributed by atoms with van der Waals surface area (Å²) in [6.07, 6.45) is 0. The highest BCUT2D eigenvalue weighted by atomic mass is 16.5. The fourth-order valence-corrected chi connectivity index (χ4v) is 2.37. The maximum atomic E-state index is 5.82.